The molecule has 0 saturated carbocycles. The molecule has 64 heavy (non-hydrogen) atoms. The van der Waals surface area contributed by atoms with Gasteiger partial charge >= 0.3 is 11.9 Å². The van der Waals surface area contributed by atoms with E-state index < -0.39 is 6.10 Å². The second-order valence-electron chi connectivity index (χ2n) is 16.2. The molecule has 0 aromatic heterocycles. The third-order valence-corrected chi connectivity index (χ3v) is 10.1. The van der Waals surface area contributed by atoms with Gasteiger partial charge in [0.15, 0.2) is 6.10 Å². The number of hydrogen-bond donors (Lipinski definition) is 1. The summed E-state index contributed by atoms with van der Waals surface area (Å²) in [5, 5.41) is 9.61. The first-order valence-corrected chi connectivity index (χ1v) is 25.4. The molecule has 1 atom stereocenters. The minimum absolute atomic E-state index is 0.0976. The smallest absolute Gasteiger partial charge is 0.306 e. The molecule has 0 aliphatic carbocycles. The number of unbranched alkanes of at least 4 members (excludes halogenated alkanes) is 12. The lowest BCUT2D eigenvalue weighted by Crippen LogP contribution is -2.28. The van der Waals surface area contributed by atoms with E-state index in [9.17, 15) is 14.7 Å². The van der Waals surface area contributed by atoms with Gasteiger partial charge in [-0.05, 0) is 122 Å². The lowest BCUT2D eigenvalue weighted by atomic mass is 10.1. The molecule has 5 nitrogen and oxygen atoms in total. The molecule has 1 unspecified atom stereocenters. The van der Waals surface area contributed by atoms with Crippen molar-refractivity contribution in [2.24, 2.45) is 0 Å². The van der Waals surface area contributed by atoms with Gasteiger partial charge in [-0.3, -0.25) is 9.59 Å². The van der Waals surface area contributed by atoms with Crippen molar-refractivity contribution in [2.45, 2.75) is 200 Å². The van der Waals surface area contributed by atoms with E-state index in [4.69, 9.17) is 9.47 Å². The average Bonchev–Trinajstić information content (AvgIpc) is 3.30. The fourth-order valence-corrected chi connectivity index (χ4v) is 6.32. The number of carbonyl (C=O) groups excluding carboxylic acids is 2. The Hall–Kier alpha value is -4.22. The molecule has 5 heteroatoms. The first kappa shape index (κ1) is 59.8. The van der Waals surface area contributed by atoms with E-state index in [1.54, 1.807) is 0 Å². The van der Waals surface area contributed by atoms with Crippen LogP contribution in [0.4, 0.5) is 0 Å². The van der Waals surface area contributed by atoms with Gasteiger partial charge in [0.1, 0.15) is 6.61 Å². The highest BCUT2D eigenvalue weighted by atomic mass is 16.6. The Morgan fingerprint density at radius 1 is 0.375 bits per heavy atom. The van der Waals surface area contributed by atoms with E-state index in [0.717, 1.165) is 109 Å². The fraction of sp³-hybridized carbons (Fsp3) is 0.559. The molecule has 0 heterocycles. The summed E-state index contributed by atoms with van der Waals surface area (Å²) < 4.78 is 10.6. The van der Waals surface area contributed by atoms with E-state index in [1.807, 2.05) is 0 Å². The molecule has 0 spiro atoms. The van der Waals surface area contributed by atoms with Crippen LogP contribution in [0.3, 0.4) is 0 Å². The highest BCUT2D eigenvalue weighted by molar-refractivity contribution is 5.70. The van der Waals surface area contributed by atoms with Crippen LogP contribution in [-0.2, 0) is 19.1 Å². The first-order valence-electron chi connectivity index (χ1n) is 25.4. The van der Waals surface area contributed by atoms with Gasteiger partial charge in [0.05, 0.1) is 6.61 Å². The van der Waals surface area contributed by atoms with Crippen molar-refractivity contribution in [1.82, 2.24) is 0 Å². The van der Waals surface area contributed by atoms with Crippen LogP contribution in [0.25, 0.3) is 0 Å². The van der Waals surface area contributed by atoms with Crippen molar-refractivity contribution in [3.05, 3.63) is 146 Å². The number of allylic oxidation sites excluding steroid dienone is 24. The summed E-state index contributed by atoms with van der Waals surface area (Å²) in [4.78, 5) is 24.4. The summed E-state index contributed by atoms with van der Waals surface area (Å²) in [6, 6.07) is 0. The minimum atomic E-state index is -0.810. The van der Waals surface area contributed by atoms with Gasteiger partial charge < -0.3 is 14.6 Å². The predicted octanol–water partition coefficient (Wildman–Crippen LogP) is 17.1. The van der Waals surface area contributed by atoms with Gasteiger partial charge in [-0.15, -0.1) is 0 Å². The maximum Gasteiger partial charge on any atom is 0.306 e. The second-order valence-corrected chi connectivity index (χ2v) is 16.2. The molecular weight excluding hydrogens is 789 g/mol. The fourth-order valence-electron chi connectivity index (χ4n) is 6.32. The average molecular weight is 881 g/mol. The number of carbonyl (C=O) groups is 2. The lowest BCUT2D eigenvalue weighted by Gasteiger charge is -2.15. The molecule has 0 aliphatic heterocycles. The zero-order valence-electron chi connectivity index (χ0n) is 40.7. The monoisotopic (exact) mass is 881 g/mol. The Balaban J connectivity index is 3.72. The number of aliphatic hydroxyl groups is 1. The topological polar surface area (TPSA) is 72.8 Å². The maximum atomic E-state index is 12.2. The van der Waals surface area contributed by atoms with Gasteiger partial charge in [0, 0.05) is 12.8 Å². The first-order chi connectivity index (χ1) is 31.6. The molecule has 0 radical (unpaired) electrons. The summed E-state index contributed by atoms with van der Waals surface area (Å²) in [5.74, 6) is -0.663. The lowest BCUT2D eigenvalue weighted by molar-refractivity contribution is -0.161. The number of ether oxygens (including phenoxy) is 2. The summed E-state index contributed by atoms with van der Waals surface area (Å²) in [7, 11) is 0. The standard InChI is InChI=1S/C59H92O5/c1-3-5-7-9-11-13-15-17-19-21-22-23-24-25-26-27-28-29-30-31-32-33-34-35-36-38-40-42-44-46-48-50-52-54-59(62)64-57(55-60)56-63-58(61)53-51-49-47-45-43-41-39-37-20-18-16-14-12-10-8-6-4-2/h5,7,11-14,17-20,22-23,25-26,28-29,31-32,34-35,38,40,44,46,57,60H,3-4,6,8-10,15-16,21,24,27,30,33,36-37,39,41-43,45,47-56H2,1-2H3/b7-5-,13-11-,14-12-,19-17-,20-18-,23-22-,26-25-,29-28-,32-31-,35-34-,40-38-,46-44-. The van der Waals surface area contributed by atoms with Gasteiger partial charge in [-0.1, -0.05) is 205 Å². The Labute approximate surface area is 393 Å². The predicted molar refractivity (Wildman–Crippen MR) is 278 cm³/mol. The highest BCUT2D eigenvalue weighted by Gasteiger charge is 2.16. The van der Waals surface area contributed by atoms with Crippen molar-refractivity contribution in [2.75, 3.05) is 13.2 Å². The van der Waals surface area contributed by atoms with Crippen molar-refractivity contribution in [3.63, 3.8) is 0 Å². The Morgan fingerprint density at radius 2 is 0.672 bits per heavy atom. The van der Waals surface area contributed by atoms with Crippen molar-refractivity contribution < 1.29 is 24.2 Å². The van der Waals surface area contributed by atoms with E-state index in [0.29, 0.717) is 12.8 Å². The molecule has 0 fully saturated rings. The molecule has 0 aliphatic rings. The van der Waals surface area contributed by atoms with Crippen molar-refractivity contribution >= 4 is 11.9 Å². The third-order valence-electron chi connectivity index (χ3n) is 10.1. The van der Waals surface area contributed by atoms with Crippen LogP contribution in [0.1, 0.15) is 194 Å². The van der Waals surface area contributed by atoms with Crippen LogP contribution in [0, 0.1) is 0 Å². The highest BCUT2D eigenvalue weighted by Crippen LogP contribution is 2.12. The number of esters is 2. The van der Waals surface area contributed by atoms with Crippen molar-refractivity contribution in [3.8, 4) is 0 Å². The van der Waals surface area contributed by atoms with E-state index in [-0.39, 0.29) is 31.6 Å². The summed E-state index contributed by atoms with van der Waals surface area (Å²) in [5.41, 5.74) is 0. The van der Waals surface area contributed by atoms with Gasteiger partial charge in [-0.2, -0.15) is 0 Å². The molecule has 0 bridgehead atoms. The Morgan fingerprint density at radius 3 is 1.05 bits per heavy atom. The Bertz CT molecular complexity index is 1410. The zero-order chi connectivity index (χ0) is 46.3. The summed E-state index contributed by atoms with van der Waals surface area (Å²) >= 11 is 0. The Kier molecular flexibility index (Phi) is 49.6. The van der Waals surface area contributed by atoms with Crippen molar-refractivity contribution in [1.29, 1.82) is 0 Å². The normalized spacial score (nSPS) is 13.5. The minimum Gasteiger partial charge on any atom is -0.462 e. The quantitative estimate of drug-likeness (QED) is 0.0375. The molecular formula is C59H92O5. The number of rotatable bonds is 44. The summed E-state index contributed by atoms with van der Waals surface area (Å²) in [6.45, 7) is 3.94. The molecule has 1 N–H and O–H groups in total. The molecule has 0 aromatic carbocycles. The summed E-state index contributed by atoms with van der Waals surface area (Å²) in [6.07, 6.45) is 80.8. The molecule has 0 amide bonds. The van der Waals surface area contributed by atoms with Crippen LogP contribution < -0.4 is 0 Å². The van der Waals surface area contributed by atoms with E-state index in [1.165, 1.54) is 51.4 Å². The van der Waals surface area contributed by atoms with Gasteiger partial charge in [0.25, 0.3) is 0 Å². The number of hydrogen-bond acceptors (Lipinski definition) is 5. The van der Waals surface area contributed by atoms with Crippen LogP contribution in [-0.4, -0.2) is 36.4 Å². The maximum absolute atomic E-state index is 12.2. The largest absolute Gasteiger partial charge is 0.462 e. The van der Waals surface area contributed by atoms with Crippen LogP contribution in [0.15, 0.2) is 146 Å². The molecule has 358 valence electrons. The van der Waals surface area contributed by atoms with Crippen LogP contribution in [0.2, 0.25) is 0 Å². The number of aliphatic hydroxyl groups excluding tert-OH is 1. The van der Waals surface area contributed by atoms with Gasteiger partial charge in [-0.25, -0.2) is 0 Å². The second kappa shape index (κ2) is 53.1. The third kappa shape index (κ3) is 50.4. The van der Waals surface area contributed by atoms with Gasteiger partial charge in [0.2, 0.25) is 0 Å². The zero-order valence-corrected chi connectivity index (χ0v) is 40.7. The van der Waals surface area contributed by atoms with Crippen LogP contribution in [0.5, 0.6) is 0 Å². The SMILES string of the molecule is CC/C=C\C/C=C\C/C=C\C/C=C\C/C=C\C/C=C\C/C=C\C/C=C\C/C=C\C/C=C\CCCCC(=O)OC(CO)COC(=O)CCCCCCCCC/C=C\C/C=C\CCCCC. The molecule has 0 aromatic rings. The van der Waals surface area contributed by atoms with Crippen LogP contribution >= 0.6 is 0 Å². The molecule has 0 saturated heterocycles. The van der Waals surface area contributed by atoms with E-state index in [2.05, 4.69) is 160 Å². The molecule has 0 rings (SSSR count). The van der Waals surface area contributed by atoms with E-state index >= 15 is 0 Å².